The number of rotatable bonds is 6. The van der Waals surface area contributed by atoms with Crippen LogP contribution in [0.5, 0.6) is 5.75 Å². The minimum absolute atomic E-state index is 0.207. The summed E-state index contributed by atoms with van der Waals surface area (Å²) in [6.07, 6.45) is 1.23. The van der Waals surface area contributed by atoms with Gasteiger partial charge in [-0.2, -0.15) is 24.9 Å². The number of hydrogen-bond acceptors (Lipinski definition) is 3. The Labute approximate surface area is 150 Å². The van der Waals surface area contributed by atoms with E-state index in [0.29, 0.717) is 23.8 Å². The molecule has 8 heteroatoms. The third-order valence-corrected chi connectivity index (χ3v) is 5.14. The zero-order chi connectivity index (χ0) is 18.3. The summed E-state index contributed by atoms with van der Waals surface area (Å²) >= 11 is 1.89. The van der Waals surface area contributed by atoms with Gasteiger partial charge in [-0.05, 0) is 43.2 Å². The Balaban J connectivity index is 1.83. The summed E-state index contributed by atoms with van der Waals surface area (Å²) in [6, 6.07) is 7.04. The van der Waals surface area contributed by atoms with Gasteiger partial charge in [0.2, 0.25) is 0 Å². The number of benzene rings is 1. The summed E-state index contributed by atoms with van der Waals surface area (Å²) < 4.78 is 41.5. The molecule has 1 aliphatic rings. The lowest BCUT2D eigenvalue weighted by molar-refractivity contribution is -0.153. The smallest absolute Gasteiger partial charge is 0.422 e. The van der Waals surface area contributed by atoms with Crippen molar-refractivity contribution < 1.29 is 17.9 Å². The maximum absolute atomic E-state index is 12.2. The van der Waals surface area contributed by atoms with E-state index in [1.54, 1.807) is 19.2 Å². The zero-order valence-corrected chi connectivity index (χ0v) is 15.2. The molecule has 0 spiro atoms. The molecule has 0 heterocycles. The molecule has 0 aromatic heterocycles. The minimum Gasteiger partial charge on any atom is -0.484 e. The van der Waals surface area contributed by atoms with E-state index >= 15 is 0 Å². The molecule has 2 N–H and O–H groups in total. The van der Waals surface area contributed by atoms with E-state index < -0.39 is 12.8 Å². The first-order valence-corrected chi connectivity index (χ1v) is 9.47. The highest BCUT2D eigenvalue weighted by atomic mass is 32.2. The molecular formula is C17H24F3N3OS. The molecule has 0 saturated heterocycles. The molecule has 2 atom stereocenters. The molecule has 140 valence electrons. The normalized spacial score (nSPS) is 21.2. The topological polar surface area (TPSA) is 45.7 Å². The second-order valence-corrected chi connectivity index (χ2v) is 7.13. The monoisotopic (exact) mass is 375 g/mol. The van der Waals surface area contributed by atoms with Crippen molar-refractivity contribution in [3.8, 4) is 5.75 Å². The molecule has 25 heavy (non-hydrogen) atoms. The van der Waals surface area contributed by atoms with Crippen molar-refractivity contribution in [2.24, 2.45) is 4.99 Å². The van der Waals surface area contributed by atoms with Crippen LogP contribution in [0.4, 0.5) is 13.2 Å². The van der Waals surface area contributed by atoms with E-state index in [1.165, 1.54) is 12.5 Å². The number of aliphatic imine (C=N–C) groups is 1. The Kier molecular flexibility index (Phi) is 7.28. The van der Waals surface area contributed by atoms with Gasteiger partial charge in [-0.15, -0.1) is 0 Å². The maximum Gasteiger partial charge on any atom is 0.422 e. The second kappa shape index (κ2) is 9.22. The van der Waals surface area contributed by atoms with E-state index in [1.807, 2.05) is 17.8 Å². The minimum atomic E-state index is -4.34. The molecule has 0 aliphatic heterocycles. The Morgan fingerprint density at radius 1 is 1.36 bits per heavy atom. The van der Waals surface area contributed by atoms with Crippen molar-refractivity contribution in [3.63, 3.8) is 0 Å². The van der Waals surface area contributed by atoms with E-state index in [0.717, 1.165) is 18.4 Å². The van der Waals surface area contributed by atoms with Gasteiger partial charge in [-0.25, -0.2) is 0 Å². The van der Waals surface area contributed by atoms with E-state index in [9.17, 15) is 13.2 Å². The van der Waals surface area contributed by atoms with Crippen LogP contribution in [0.2, 0.25) is 0 Å². The van der Waals surface area contributed by atoms with Gasteiger partial charge in [0, 0.05) is 24.9 Å². The number of nitrogens with one attached hydrogen (secondary N) is 2. The third kappa shape index (κ3) is 7.05. The first-order valence-electron chi connectivity index (χ1n) is 8.18. The van der Waals surface area contributed by atoms with Crippen LogP contribution in [-0.4, -0.2) is 43.3 Å². The second-order valence-electron chi connectivity index (χ2n) is 5.99. The van der Waals surface area contributed by atoms with Crippen LogP contribution in [0, 0.1) is 0 Å². The first kappa shape index (κ1) is 19.8. The third-order valence-electron chi connectivity index (χ3n) is 4.04. The van der Waals surface area contributed by atoms with Crippen LogP contribution < -0.4 is 15.4 Å². The molecule has 0 amide bonds. The molecule has 4 nitrogen and oxygen atoms in total. The van der Waals surface area contributed by atoms with Gasteiger partial charge in [-0.3, -0.25) is 4.99 Å². The van der Waals surface area contributed by atoms with Crippen molar-refractivity contribution in [3.05, 3.63) is 29.8 Å². The predicted octanol–water partition coefficient (Wildman–Crippen LogP) is 3.58. The largest absolute Gasteiger partial charge is 0.484 e. The Hall–Kier alpha value is -1.57. The highest BCUT2D eigenvalue weighted by Crippen LogP contribution is 2.28. The lowest BCUT2D eigenvalue weighted by Crippen LogP contribution is -2.42. The van der Waals surface area contributed by atoms with Gasteiger partial charge in [0.1, 0.15) is 5.75 Å². The number of thioether (sulfide) groups is 1. The van der Waals surface area contributed by atoms with Crippen LogP contribution in [0.15, 0.2) is 29.3 Å². The molecular weight excluding hydrogens is 351 g/mol. The number of nitrogens with zero attached hydrogens (tertiary/aromatic N) is 1. The molecule has 1 aromatic carbocycles. The lowest BCUT2D eigenvalue weighted by atomic mass is 10.2. The zero-order valence-electron chi connectivity index (χ0n) is 14.4. The average Bonchev–Trinajstić information content (AvgIpc) is 3.04. The lowest BCUT2D eigenvalue weighted by Gasteiger charge is -2.17. The van der Waals surface area contributed by atoms with Gasteiger partial charge < -0.3 is 15.4 Å². The van der Waals surface area contributed by atoms with Crippen molar-refractivity contribution in [2.75, 3.05) is 19.9 Å². The number of alkyl halides is 3. The van der Waals surface area contributed by atoms with Crippen molar-refractivity contribution in [1.82, 2.24) is 10.6 Å². The van der Waals surface area contributed by atoms with Crippen LogP contribution in [0.1, 0.15) is 24.8 Å². The highest BCUT2D eigenvalue weighted by Gasteiger charge is 2.28. The molecule has 1 aliphatic carbocycles. The first-order chi connectivity index (χ1) is 11.9. The van der Waals surface area contributed by atoms with Crippen LogP contribution >= 0.6 is 11.8 Å². The quantitative estimate of drug-likeness (QED) is 0.589. The van der Waals surface area contributed by atoms with Gasteiger partial charge in [-0.1, -0.05) is 12.1 Å². The van der Waals surface area contributed by atoms with Gasteiger partial charge in [0.25, 0.3) is 0 Å². The van der Waals surface area contributed by atoms with Gasteiger partial charge in [0.15, 0.2) is 12.6 Å². The van der Waals surface area contributed by atoms with Gasteiger partial charge >= 0.3 is 6.18 Å². The Morgan fingerprint density at radius 3 is 2.80 bits per heavy atom. The molecule has 1 fully saturated rings. The maximum atomic E-state index is 12.2. The fourth-order valence-electron chi connectivity index (χ4n) is 2.77. The number of guanidine groups is 1. The predicted molar refractivity (Wildman–Crippen MR) is 96.3 cm³/mol. The summed E-state index contributed by atoms with van der Waals surface area (Å²) in [7, 11) is 1.71. The molecule has 1 saturated carbocycles. The van der Waals surface area contributed by atoms with Crippen LogP contribution in [0.3, 0.4) is 0 Å². The number of ether oxygens (including phenoxy) is 1. The molecule has 2 unspecified atom stereocenters. The molecule has 1 aromatic rings. The molecule has 0 radical (unpaired) electrons. The molecule has 0 bridgehead atoms. The summed E-state index contributed by atoms with van der Waals surface area (Å²) in [6.45, 7) is -0.826. The van der Waals surface area contributed by atoms with Crippen LogP contribution in [0.25, 0.3) is 0 Å². The summed E-state index contributed by atoms with van der Waals surface area (Å²) in [5, 5.41) is 7.30. The highest BCUT2D eigenvalue weighted by molar-refractivity contribution is 7.99. The summed E-state index contributed by atoms with van der Waals surface area (Å²) in [5.74, 6) is 0.909. The number of halogens is 3. The van der Waals surface area contributed by atoms with Gasteiger partial charge in [0.05, 0.1) is 0 Å². The van der Waals surface area contributed by atoms with Crippen molar-refractivity contribution in [2.45, 2.75) is 43.3 Å². The van der Waals surface area contributed by atoms with Crippen LogP contribution in [-0.2, 0) is 6.54 Å². The fourth-order valence-corrected chi connectivity index (χ4v) is 3.57. The van der Waals surface area contributed by atoms with E-state index in [2.05, 4.69) is 21.9 Å². The summed E-state index contributed by atoms with van der Waals surface area (Å²) in [5.41, 5.74) is 0.830. The Bertz CT molecular complexity index is 581. The molecule has 2 rings (SSSR count). The van der Waals surface area contributed by atoms with Crippen molar-refractivity contribution in [1.29, 1.82) is 0 Å². The Morgan fingerprint density at radius 2 is 2.16 bits per heavy atom. The standard InChI is InChI=1S/C17H24F3N3OS/c1-21-16(23-13-6-7-15(9-13)25-2)22-10-12-4-3-5-14(8-12)24-11-17(18,19)20/h3-5,8,13,15H,6-7,9-11H2,1-2H3,(H2,21,22,23). The summed E-state index contributed by atoms with van der Waals surface area (Å²) in [4.78, 5) is 4.22. The van der Waals surface area contributed by atoms with Crippen molar-refractivity contribution >= 4 is 17.7 Å². The fraction of sp³-hybridized carbons (Fsp3) is 0.588. The van der Waals surface area contributed by atoms with E-state index in [4.69, 9.17) is 4.74 Å². The van der Waals surface area contributed by atoms with E-state index in [-0.39, 0.29) is 5.75 Å². The average molecular weight is 375 g/mol. The SMILES string of the molecule is CN=C(NCc1cccc(OCC(F)(F)F)c1)NC1CCC(SC)C1. The number of hydrogen-bond donors (Lipinski definition) is 2.